The molecule has 0 amide bonds. The molecule has 2 aromatic rings. The lowest BCUT2D eigenvalue weighted by molar-refractivity contribution is -0.384. The Hall–Kier alpha value is -3.03. The smallest absolute Gasteiger partial charge is 0.337 e. The van der Waals surface area contributed by atoms with Gasteiger partial charge in [0.1, 0.15) is 5.69 Å². The van der Waals surface area contributed by atoms with Gasteiger partial charge in [-0.3, -0.25) is 10.1 Å². The van der Waals surface area contributed by atoms with Crippen molar-refractivity contribution in [2.24, 2.45) is 0 Å². The second kappa shape index (κ2) is 6.42. The van der Waals surface area contributed by atoms with Crippen LogP contribution in [0.5, 0.6) is 0 Å². The Morgan fingerprint density at radius 1 is 1.43 bits per heavy atom. The van der Waals surface area contributed by atoms with E-state index >= 15 is 0 Å². The van der Waals surface area contributed by atoms with Gasteiger partial charge in [-0.25, -0.2) is 4.79 Å². The van der Waals surface area contributed by atoms with Crippen molar-refractivity contribution in [3.8, 4) is 0 Å². The van der Waals surface area contributed by atoms with Crippen LogP contribution in [0, 0.1) is 10.1 Å². The number of benzene rings is 1. The molecule has 1 N–H and O–H groups in total. The van der Waals surface area contributed by atoms with E-state index in [0.29, 0.717) is 5.69 Å². The van der Waals surface area contributed by atoms with Gasteiger partial charge < -0.3 is 10.1 Å². The Morgan fingerprint density at radius 3 is 2.86 bits per heavy atom. The SMILES string of the molecule is COC(=O)c1ccc([N+](=O)[O-])c(NCc2cccnn2)c1. The van der Waals surface area contributed by atoms with E-state index in [1.807, 2.05) is 0 Å². The van der Waals surface area contributed by atoms with Crippen molar-refractivity contribution < 1.29 is 14.5 Å². The first-order valence-corrected chi connectivity index (χ1v) is 5.99. The molecule has 0 aliphatic rings. The van der Waals surface area contributed by atoms with Crippen LogP contribution in [0.2, 0.25) is 0 Å². The third kappa shape index (κ3) is 3.50. The van der Waals surface area contributed by atoms with Crippen LogP contribution in [0.25, 0.3) is 0 Å². The highest BCUT2D eigenvalue weighted by Crippen LogP contribution is 2.26. The van der Waals surface area contributed by atoms with Crippen LogP contribution >= 0.6 is 0 Å². The second-order valence-corrected chi connectivity index (χ2v) is 4.05. The minimum absolute atomic E-state index is 0.133. The van der Waals surface area contributed by atoms with Crippen molar-refractivity contribution in [2.75, 3.05) is 12.4 Å². The third-order valence-electron chi connectivity index (χ3n) is 2.70. The molecule has 1 aromatic heterocycles. The van der Waals surface area contributed by atoms with E-state index in [9.17, 15) is 14.9 Å². The number of rotatable bonds is 5. The van der Waals surface area contributed by atoms with Gasteiger partial charge in [-0.1, -0.05) is 0 Å². The topological polar surface area (TPSA) is 107 Å². The lowest BCUT2D eigenvalue weighted by Crippen LogP contribution is -2.07. The highest BCUT2D eigenvalue weighted by atomic mass is 16.6. The monoisotopic (exact) mass is 288 g/mol. The number of aromatic nitrogens is 2. The molecule has 21 heavy (non-hydrogen) atoms. The van der Waals surface area contributed by atoms with Crippen molar-refractivity contribution in [1.82, 2.24) is 10.2 Å². The molecule has 0 spiro atoms. The Bertz CT molecular complexity index is 660. The highest BCUT2D eigenvalue weighted by molar-refractivity contribution is 5.91. The maximum absolute atomic E-state index is 11.5. The molecule has 8 heteroatoms. The first-order chi connectivity index (χ1) is 10.1. The zero-order valence-electron chi connectivity index (χ0n) is 11.1. The molecule has 0 saturated heterocycles. The molecule has 1 heterocycles. The minimum Gasteiger partial charge on any atom is -0.465 e. The van der Waals surface area contributed by atoms with Gasteiger partial charge in [-0.2, -0.15) is 10.2 Å². The summed E-state index contributed by atoms with van der Waals surface area (Å²) in [7, 11) is 1.25. The summed E-state index contributed by atoms with van der Waals surface area (Å²) in [5.41, 5.74) is 0.931. The van der Waals surface area contributed by atoms with Crippen molar-refractivity contribution in [3.63, 3.8) is 0 Å². The molecule has 0 atom stereocenters. The lowest BCUT2D eigenvalue weighted by Gasteiger charge is -2.08. The Labute approximate surface area is 119 Å². The van der Waals surface area contributed by atoms with E-state index in [1.165, 1.54) is 31.5 Å². The predicted molar refractivity (Wildman–Crippen MR) is 73.8 cm³/mol. The van der Waals surface area contributed by atoms with E-state index in [0.717, 1.165) is 0 Å². The predicted octanol–water partition coefficient (Wildman–Crippen LogP) is 1.78. The molecule has 0 aliphatic carbocycles. The zero-order valence-corrected chi connectivity index (χ0v) is 11.1. The summed E-state index contributed by atoms with van der Waals surface area (Å²) < 4.78 is 4.60. The molecule has 108 valence electrons. The van der Waals surface area contributed by atoms with Crippen molar-refractivity contribution >= 4 is 17.3 Å². The summed E-state index contributed by atoms with van der Waals surface area (Å²) in [5, 5.41) is 21.5. The molecule has 8 nitrogen and oxygen atoms in total. The van der Waals surface area contributed by atoms with Gasteiger partial charge in [0.25, 0.3) is 5.69 Å². The zero-order chi connectivity index (χ0) is 15.2. The van der Waals surface area contributed by atoms with Gasteiger partial charge in [-0.05, 0) is 24.3 Å². The van der Waals surface area contributed by atoms with E-state index in [-0.39, 0.29) is 23.5 Å². The Kier molecular flexibility index (Phi) is 4.39. The fraction of sp³-hybridized carbons (Fsp3) is 0.154. The van der Waals surface area contributed by atoms with Gasteiger partial charge in [-0.15, -0.1) is 0 Å². The fourth-order valence-corrected chi connectivity index (χ4v) is 1.70. The molecular weight excluding hydrogens is 276 g/mol. The third-order valence-corrected chi connectivity index (χ3v) is 2.70. The largest absolute Gasteiger partial charge is 0.465 e. The number of methoxy groups -OCH3 is 1. The molecule has 1 aromatic carbocycles. The summed E-state index contributed by atoms with van der Waals surface area (Å²) in [6, 6.07) is 7.42. The molecule has 0 radical (unpaired) electrons. The molecule has 0 aliphatic heterocycles. The molecular formula is C13H12N4O4. The van der Waals surface area contributed by atoms with Gasteiger partial charge >= 0.3 is 5.97 Å². The molecule has 2 rings (SSSR count). The van der Waals surface area contributed by atoms with Gasteiger partial charge in [0.05, 0.1) is 29.8 Å². The molecule has 0 fully saturated rings. The summed E-state index contributed by atoms with van der Waals surface area (Å²) >= 11 is 0. The number of hydrogen-bond acceptors (Lipinski definition) is 7. The summed E-state index contributed by atoms with van der Waals surface area (Å²) in [6.07, 6.45) is 1.53. The molecule has 0 unspecified atom stereocenters. The van der Waals surface area contributed by atoms with Crippen LogP contribution in [-0.4, -0.2) is 28.2 Å². The first kappa shape index (κ1) is 14.4. The second-order valence-electron chi connectivity index (χ2n) is 4.05. The highest BCUT2D eigenvalue weighted by Gasteiger charge is 2.17. The van der Waals surface area contributed by atoms with Crippen molar-refractivity contribution in [2.45, 2.75) is 6.54 Å². The summed E-state index contributed by atoms with van der Waals surface area (Å²) in [5.74, 6) is -0.563. The Morgan fingerprint density at radius 2 is 2.24 bits per heavy atom. The van der Waals surface area contributed by atoms with E-state index < -0.39 is 10.9 Å². The normalized spacial score (nSPS) is 9.95. The maximum atomic E-state index is 11.5. The van der Waals surface area contributed by atoms with Crippen LogP contribution in [0.3, 0.4) is 0 Å². The summed E-state index contributed by atoms with van der Waals surface area (Å²) in [6.45, 7) is 0.249. The van der Waals surface area contributed by atoms with E-state index in [1.54, 1.807) is 12.1 Å². The number of ether oxygens (including phenoxy) is 1. The van der Waals surface area contributed by atoms with Crippen LogP contribution in [0.4, 0.5) is 11.4 Å². The molecule has 0 bridgehead atoms. The quantitative estimate of drug-likeness (QED) is 0.507. The van der Waals surface area contributed by atoms with Gasteiger partial charge in [0.15, 0.2) is 0 Å². The van der Waals surface area contributed by atoms with Crippen molar-refractivity contribution in [3.05, 3.63) is 57.9 Å². The van der Waals surface area contributed by atoms with Crippen LogP contribution < -0.4 is 5.32 Å². The lowest BCUT2D eigenvalue weighted by atomic mass is 10.1. The number of anilines is 1. The number of nitrogens with zero attached hydrogens (tertiary/aromatic N) is 3. The van der Waals surface area contributed by atoms with Gasteiger partial charge in [0, 0.05) is 12.3 Å². The number of esters is 1. The van der Waals surface area contributed by atoms with E-state index in [4.69, 9.17) is 0 Å². The standard InChI is InChI=1S/C13H12N4O4/c1-21-13(18)9-4-5-12(17(19)20)11(7-9)14-8-10-3-2-6-15-16-10/h2-7,14H,8H2,1H3. The molecule has 0 saturated carbocycles. The average molecular weight is 288 g/mol. The van der Waals surface area contributed by atoms with E-state index in [2.05, 4.69) is 20.3 Å². The average Bonchev–Trinajstić information content (AvgIpc) is 2.52. The number of nitro benzene ring substituents is 1. The van der Waals surface area contributed by atoms with Crippen LogP contribution in [-0.2, 0) is 11.3 Å². The van der Waals surface area contributed by atoms with Crippen molar-refractivity contribution in [1.29, 1.82) is 0 Å². The fourth-order valence-electron chi connectivity index (χ4n) is 1.70. The number of carbonyl (C=O) groups is 1. The van der Waals surface area contributed by atoms with Crippen LogP contribution in [0.1, 0.15) is 16.1 Å². The minimum atomic E-state index is -0.563. The first-order valence-electron chi connectivity index (χ1n) is 5.99. The number of nitro groups is 1. The number of hydrogen-bond donors (Lipinski definition) is 1. The van der Waals surface area contributed by atoms with Gasteiger partial charge in [0.2, 0.25) is 0 Å². The summed E-state index contributed by atoms with van der Waals surface area (Å²) in [4.78, 5) is 22.0. The maximum Gasteiger partial charge on any atom is 0.337 e. The number of carbonyl (C=O) groups excluding carboxylic acids is 1. The van der Waals surface area contributed by atoms with Crippen LogP contribution in [0.15, 0.2) is 36.5 Å². The Balaban J connectivity index is 2.26. The number of nitrogens with one attached hydrogen (secondary N) is 1.